The van der Waals surface area contributed by atoms with Gasteiger partial charge in [0.25, 0.3) is 0 Å². The van der Waals surface area contributed by atoms with Gasteiger partial charge in [0.2, 0.25) is 21.9 Å². The lowest BCUT2D eigenvalue weighted by molar-refractivity contribution is -0.125. The zero-order valence-corrected chi connectivity index (χ0v) is 14.1. The first-order chi connectivity index (χ1) is 11.0. The summed E-state index contributed by atoms with van der Waals surface area (Å²) < 4.78 is 25.2. The summed E-state index contributed by atoms with van der Waals surface area (Å²) in [5.74, 6) is 0.206. The normalized spacial score (nSPS) is 19.3. The maximum absolute atomic E-state index is 12.2. The number of hydrogen-bond acceptors (Lipinski definition) is 6. The van der Waals surface area contributed by atoms with Crippen LogP contribution in [0.1, 0.15) is 19.8 Å². The molecule has 0 aliphatic carbocycles. The van der Waals surface area contributed by atoms with Crippen LogP contribution in [0.15, 0.2) is 18.5 Å². The summed E-state index contributed by atoms with van der Waals surface area (Å²) in [5.41, 5.74) is 0. The molecule has 1 aromatic rings. The van der Waals surface area contributed by atoms with E-state index in [1.54, 1.807) is 25.4 Å². The Bertz CT molecular complexity index is 608. The van der Waals surface area contributed by atoms with Gasteiger partial charge < -0.3 is 10.6 Å². The minimum Gasteiger partial charge on any atom is -0.354 e. The van der Waals surface area contributed by atoms with Crippen LogP contribution in [0.4, 0.5) is 5.95 Å². The molecule has 9 heteroatoms. The molecule has 1 aliphatic rings. The van der Waals surface area contributed by atoms with E-state index < -0.39 is 10.0 Å². The number of amides is 1. The Morgan fingerprint density at radius 1 is 1.35 bits per heavy atom. The van der Waals surface area contributed by atoms with E-state index in [0.29, 0.717) is 32.0 Å². The molecule has 2 heterocycles. The van der Waals surface area contributed by atoms with E-state index in [9.17, 15) is 13.2 Å². The standard InChI is InChI=1S/C14H23N5O3S/c1-2-23(21,22)19-10-3-5-12(11-19)13(20)15-8-9-18-14-16-6-4-7-17-14/h4,6-7,12H,2-3,5,8-11H2,1H3,(H,15,20)(H,16,17,18). The van der Waals surface area contributed by atoms with E-state index in [0.717, 1.165) is 6.42 Å². The number of carbonyl (C=O) groups is 1. The molecule has 1 unspecified atom stereocenters. The molecule has 8 nitrogen and oxygen atoms in total. The maximum atomic E-state index is 12.2. The molecule has 2 N–H and O–H groups in total. The quantitative estimate of drug-likeness (QED) is 0.680. The molecule has 0 saturated carbocycles. The van der Waals surface area contributed by atoms with Crippen LogP contribution in [-0.4, -0.2) is 60.5 Å². The summed E-state index contributed by atoms with van der Waals surface area (Å²) in [6.45, 7) is 3.36. The smallest absolute Gasteiger partial charge is 0.224 e. The van der Waals surface area contributed by atoms with E-state index >= 15 is 0 Å². The molecular weight excluding hydrogens is 318 g/mol. The van der Waals surface area contributed by atoms with E-state index in [-0.39, 0.29) is 24.1 Å². The molecule has 128 valence electrons. The maximum Gasteiger partial charge on any atom is 0.224 e. The van der Waals surface area contributed by atoms with Gasteiger partial charge in [-0.05, 0) is 25.8 Å². The topological polar surface area (TPSA) is 104 Å². The first-order valence-electron chi connectivity index (χ1n) is 7.79. The SMILES string of the molecule is CCS(=O)(=O)N1CCCC(C(=O)NCCNc2ncccn2)C1. The van der Waals surface area contributed by atoms with Crippen molar-refractivity contribution in [2.24, 2.45) is 5.92 Å². The summed E-state index contributed by atoms with van der Waals surface area (Å²) in [4.78, 5) is 20.2. The monoisotopic (exact) mass is 341 g/mol. The molecular formula is C14H23N5O3S. The van der Waals surface area contributed by atoms with Crippen LogP contribution in [0.25, 0.3) is 0 Å². The summed E-state index contributed by atoms with van der Waals surface area (Å²) >= 11 is 0. The van der Waals surface area contributed by atoms with Gasteiger partial charge >= 0.3 is 0 Å². The second kappa shape index (κ2) is 8.21. The van der Waals surface area contributed by atoms with Crippen LogP contribution in [0.3, 0.4) is 0 Å². The Hall–Kier alpha value is -1.74. The molecule has 1 aromatic heterocycles. The molecule has 23 heavy (non-hydrogen) atoms. The fourth-order valence-corrected chi connectivity index (χ4v) is 3.67. The lowest BCUT2D eigenvalue weighted by Gasteiger charge is -2.30. The summed E-state index contributed by atoms with van der Waals surface area (Å²) in [6, 6.07) is 1.73. The van der Waals surface area contributed by atoms with Gasteiger partial charge in [-0.2, -0.15) is 0 Å². The van der Waals surface area contributed by atoms with Gasteiger partial charge in [-0.1, -0.05) is 0 Å². The minimum atomic E-state index is -3.22. The number of rotatable bonds is 7. The lowest BCUT2D eigenvalue weighted by atomic mass is 9.99. The van der Waals surface area contributed by atoms with Gasteiger partial charge in [0.1, 0.15) is 0 Å². The molecule has 1 amide bonds. The third-order valence-electron chi connectivity index (χ3n) is 3.79. The predicted octanol–water partition coefficient (Wildman–Crippen LogP) is 0.0664. The van der Waals surface area contributed by atoms with Gasteiger partial charge in [-0.3, -0.25) is 4.79 Å². The Balaban J connectivity index is 1.75. The Morgan fingerprint density at radius 2 is 2.09 bits per heavy atom. The number of piperidine rings is 1. The number of carbonyl (C=O) groups excluding carboxylic acids is 1. The first kappa shape index (κ1) is 17.6. The van der Waals surface area contributed by atoms with Crippen molar-refractivity contribution in [3.63, 3.8) is 0 Å². The minimum absolute atomic E-state index is 0.0718. The second-order valence-corrected chi connectivity index (χ2v) is 7.65. The average Bonchev–Trinajstić information content (AvgIpc) is 2.59. The Labute approximate surface area is 136 Å². The Morgan fingerprint density at radius 3 is 2.78 bits per heavy atom. The number of nitrogens with zero attached hydrogens (tertiary/aromatic N) is 3. The molecule has 1 fully saturated rings. The van der Waals surface area contributed by atoms with Crippen molar-refractivity contribution in [2.45, 2.75) is 19.8 Å². The van der Waals surface area contributed by atoms with E-state index in [1.165, 1.54) is 4.31 Å². The highest BCUT2D eigenvalue weighted by Gasteiger charge is 2.31. The van der Waals surface area contributed by atoms with Gasteiger partial charge in [0, 0.05) is 38.6 Å². The van der Waals surface area contributed by atoms with Gasteiger partial charge in [-0.25, -0.2) is 22.7 Å². The third-order valence-corrected chi connectivity index (χ3v) is 5.63. The van der Waals surface area contributed by atoms with E-state index in [1.807, 2.05) is 0 Å². The van der Waals surface area contributed by atoms with Crippen LogP contribution in [0, 0.1) is 5.92 Å². The molecule has 2 rings (SSSR count). The zero-order chi connectivity index (χ0) is 16.7. The largest absolute Gasteiger partial charge is 0.354 e. The number of aromatic nitrogens is 2. The van der Waals surface area contributed by atoms with Crippen molar-refractivity contribution in [3.05, 3.63) is 18.5 Å². The van der Waals surface area contributed by atoms with E-state index in [2.05, 4.69) is 20.6 Å². The number of anilines is 1. The average molecular weight is 341 g/mol. The number of hydrogen-bond donors (Lipinski definition) is 2. The van der Waals surface area contributed by atoms with Crippen molar-refractivity contribution in [1.29, 1.82) is 0 Å². The first-order valence-corrected chi connectivity index (χ1v) is 9.40. The van der Waals surface area contributed by atoms with Gasteiger partial charge in [0.05, 0.1) is 11.7 Å². The molecule has 0 aromatic carbocycles. The second-order valence-electron chi connectivity index (χ2n) is 5.39. The van der Waals surface area contributed by atoms with Crippen LogP contribution >= 0.6 is 0 Å². The highest BCUT2D eigenvalue weighted by Crippen LogP contribution is 2.19. The zero-order valence-electron chi connectivity index (χ0n) is 13.2. The predicted molar refractivity (Wildman–Crippen MR) is 87.3 cm³/mol. The van der Waals surface area contributed by atoms with Crippen molar-refractivity contribution < 1.29 is 13.2 Å². The van der Waals surface area contributed by atoms with E-state index in [4.69, 9.17) is 0 Å². The van der Waals surface area contributed by atoms with Crippen LogP contribution in [-0.2, 0) is 14.8 Å². The van der Waals surface area contributed by atoms with Gasteiger partial charge in [-0.15, -0.1) is 0 Å². The van der Waals surface area contributed by atoms with Crippen molar-refractivity contribution >= 4 is 21.9 Å². The summed E-state index contributed by atoms with van der Waals surface area (Å²) in [5, 5.41) is 5.84. The summed E-state index contributed by atoms with van der Waals surface area (Å²) in [7, 11) is -3.22. The third kappa shape index (κ3) is 5.14. The van der Waals surface area contributed by atoms with Crippen LogP contribution in [0.2, 0.25) is 0 Å². The molecule has 1 saturated heterocycles. The Kier molecular flexibility index (Phi) is 6.28. The number of sulfonamides is 1. The molecule has 1 atom stereocenters. The fraction of sp³-hybridized carbons (Fsp3) is 0.643. The van der Waals surface area contributed by atoms with Crippen molar-refractivity contribution in [2.75, 3.05) is 37.2 Å². The fourth-order valence-electron chi connectivity index (χ4n) is 2.49. The lowest BCUT2D eigenvalue weighted by Crippen LogP contribution is -2.46. The van der Waals surface area contributed by atoms with Gasteiger partial charge in [0.15, 0.2) is 0 Å². The number of nitrogens with one attached hydrogen (secondary N) is 2. The van der Waals surface area contributed by atoms with Crippen molar-refractivity contribution in [1.82, 2.24) is 19.6 Å². The van der Waals surface area contributed by atoms with Crippen LogP contribution < -0.4 is 10.6 Å². The molecule has 0 spiro atoms. The molecule has 1 aliphatic heterocycles. The van der Waals surface area contributed by atoms with Crippen LogP contribution in [0.5, 0.6) is 0 Å². The highest BCUT2D eigenvalue weighted by atomic mass is 32.2. The molecule has 0 radical (unpaired) electrons. The molecule has 0 bridgehead atoms. The van der Waals surface area contributed by atoms with Crippen molar-refractivity contribution in [3.8, 4) is 0 Å². The highest BCUT2D eigenvalue weighted by molar-refractivity contribution is 7.89. The summed E-state index contributed by atoms with van der Waals surface area (Å²) in [6.07, 6.45) is 4.71.